The predicted molar refractivity (Wildman–Crippen MR) is 52.9 cm³/mol. The molecular weight excluding hydrogens is 156 g/mol. The van der Waals surface area contributed by atoms with Crippen molar-refractivity contribution < 1.29 is 0 Å². The average molecular weight is 175 g/mol. The van der Waals surface area contributed by atoms with E-state index in [4.69, 9.17) is 11.6 Å². The maximum atomic E-state index is 5.54. The lowest BCUT2D eigenvalue weighted by molar-refractivity contribution is 0.495. The lowest BCUT2D eigenvalue weighted by Gasteiger charge is -2.06. The molecule has 1 heteroatoms. The van der Waals surface area contributed by atoms with Crippen molar-refractivity contribution in [2.45, 2.75) is 46.5 Å². The molecule has 0 aliphatic carbocycles. The van der Waals surface area contributed by atoms with Crippen LogP contribution in [-0.4, -0.2) is 0 Å². The van der Waals surface area contributed by atoms with Gasteiger partial charge in [0.2, 0.25) is 0 Å². The lowest BCUT2D eigenvalue weighted by Crippen LogP contribution is -1.91. The molecular formula is C10H19Cl. The van der Waals surface area contributed by atoms with Crippen molar-refractivity contribution in [2.75, 3.05) is 0 Å². The standard InChI is InChI=1S/C10H19Cl/c1-4-9(2)6-5-7-10(3)8-11/h8-9H,4-7H2,1-3H3. The van der Waals surface area contributed by atoms with Crippen LogP contribution in [0.5, 0.6) is 0 Å². The molecule has 0 saturated carbocycles. The summed E-state index contributed by atoms with van der Waals surface area (Å²) in [5.41, 5.74) is 2.99. The molecule has 0 spiro atoms. The Morgan fingerprint density at radius 1 is 1.55 bits per heavy atom. The fourth-order valence-electron chi connectivity index (χ4n) is 0.988. The fraction of sp³-hybridized carbons (Fsp3) is 0.800. The molecule has 66 valence electrons. The van der Waals surface area contributed by atoms with Crippen LogP contribution >= 0.6 is 11.6 Å². The van der Waals surface area contributed by atoms with Gasteiger partial charge in [-0.3, -0.25) is 0 Å². The van der Waals surface area contributed by atoms with Gasteiger partial charge in [-0.1, -0.05) is 43.9 Å². The molecule has 0 aromatic heterocycles. The number of hydrogen-bond donors (Lipinski definition) is 0. The van der Waals surface area contributed by atoms with Crippen LogP contribution in [-0.2, 0) is 0 Å². The topological polar surface area (TPSA) is 0 Å². The van der Waals surface area contributed by atoms with Gasteiger partial charge < -0.3 is 0 Å². The molecule has 0 bridgehead atoms. The highest BCUT2D eigenvalue weighted by molar-refractivity contribution is 6.25. The molecule has 0 amide bonds. The van der Waals surface area contributed by atoms with Gasteiger partial charge in [-0.15, -0.1) is 0 Å². The summed E-state index contributed by atoms with van der Waals surface area (Å²) in [6.45, 7) is 6.64. The first kappa shape index (κ1) is 11.0. The number of halogens is 1. The summed E-state index contributed by atoms with van der Waals surface area (Å²) in [7, 11) is 0. The van der Waals surface area contributed by atoms with Crippen molar-refractivity contribution in [3.8, 4) is 0 Å². The summed E-state index contributed by atoms with van der Waals surface area (Å²) in [5.74, 6) is 0.873. The first-order valence-corrected chi connectivity index (χ1v) is 4.90. The van der Waals surface area contributed by atoms with E-state index < -0.39 is 0 Å². The molecule has 0 fully saturated rings. The van der Waals surface area contributed by atoms with Gasteiger partial charge >= 0.3 is 0 Å². The van der Waals surface area contributed by atoms with Crippen molar-refractivity contribution in [3.63, 3.8) is 0 Å². The van der Waals surface area contributed by atoms with Crippen LogP contribution in [0.25, 0.3) is 0 Å². The summed E-state index contributed by atoms with van der Waals surface area (Å²) in [6, 6.07) is 0. The van der Waals surface area contributed by atoms with Gasteiger partial charge in [0.05, 0.1) is 0 Å². The van der Waals surface area contributed by atoms with Crippen molar-refractivity contribution in [1.82, 2.24) is 0 Å². The second kappa shape index (κ2) is 6.72. The summed E-state index contributed by atoms with van der Waals surface area (Å²) in [5, 5.41) is 0. The minimum atomic E-state index is 0.873. The summed E-state index contributed by atoms with van der Waals surface area (Å²) < 4.78 is 0. The van der Waals surface area contributed by atoms with Gasteiger partial charge in [-0.05, 0) is 25.7 Å². The van der Waals surface area contributed by atoms with Gasteiger partial charge in [-0.25, -0.2) is 0 Å². The molecule has 0 nitrogen and oxygen atoms in total. The second-order valence-corrected chi connectivity index (χ2v) is 3.58. The Hall–Kier alpha value is 0.0300. The van der Waals surface area contributed by atoms with E-state index in [1.54, 1.807) is 5.54 Å². The molecule has 0 aliphatic heterocycles. The van der Waals surface area contributed by atoms with E-state index in [2.05, 4.69) is 20.8 Å². The summed E-state index contributed by atoms with van der Waals surface area (Å²) in [6.07, 6.45) is 5.07. The predicted octanol–water partition coefficient (Wildman–Crippen LogP) is 4.35. The zero-order chi connectivity index (χ0) is 8.69. The van der Waals surface area contributed by atoms with Crippen LogP contribution in [0, 0.1) is 5.92 Å². The molecule has 0 radical (unpaired) electrons. The zero-order valence-electron chi connectivity index (χ0n) is 7.86. The number of allylic oxidation sites excluding steroid dienone is 1. The maximum Gasteiger partial charge on any atom is 0.00316 e. The Kier molecular flexibility index (Phi) is 6.74. The Morgan fingerprint density at radius 3 is 2.64 bits per heavy atom. The molecule has 11 heavy (non-hydrogen) atoms. The molecule has 0 N–H and O–H groups in total. The Balaban J connectivity index is 3.27. The third-order valence-corrected chi connectivity index (χ3v) is 2.52. The molecule has 1 atom stereocenters. The van der Waals surface area contributed by atoms with Crippen LogP contribution in [0.2, 0.25) is 0 Å². The van der Waals surface area contributed by atoms with Crippen molar-refractivity contribution >= 4 is 11.6 Å². The average Bonchev–Trinajstić information content (AvgIpc) is 2.04. The quantitative estimate of drug-likeness (QED) is 0.582. The van der Waals surface area contributed by atoms with Crippen molar-refractivity contribution in [2.24, 2.45) is 5.92 Å². The Labute approximate surface area is 75.6 Å². The molecule has 0 aliphatic rings. The first-order valence-electron chi connectivity index (χ1n) is 4.46. The summed E-state index contributed by atoms with van der Waals surface area (Å²) >= 11 is 5.54. The smallest absolute Gasteiger partial charge is 0.00316 e. The largest absolute Gasteiger partial charge is 0.0930 e. The van der Waals surface area contributed by atoms with Crippen LogP contribution in [0.4, 0.5) is 0 Å². The van der Waals surface area contributed by atoms with E-state index in [0.29, 0.717) is 0 Å². The van der Waals surface area contributed by atoms with E-state index in [9.17, 15) is 0 Å². The van der Waals surface area contributed by atoms with Gasteiger partial charge in [0.15, 0.2) is 0 Å². The Bertz CT molecular complexity index is 116. The normalized spacial score (nSPS) is 15.1. The van der Waals surface area contributed by atoms with Crippen LogP contribution in [0.1, 0.15) is 46.5 Å². The summed E-state index contributed by atoms with van der Waals surface area (Å²) in [4.78, 5) is 0. The molecule has 0 saturated heterocycles. The van der Waals surface area contributed by atoms with Crippen LogP contribution in [0.15, 0.2) is 11.1 Å². The maximum absolute atomic E-state index is 5.54. The number of hydrogen-bond acceptors (Lipinski definition) is 0. The van der Waals surface area contributed by atoms with Gasteiger partial charge in [0.25, 0.3) is 0 Å². The van der Waals surface area contributed by atoms with Crippen LogP contribution in [0.3, 0.4) is 0 Å². The van der Waals surface area contributed by atoms with E-state index in [-0.39, 0.29) is 0 Å². The monoisotopic (exact) mass is 174 g/mol. The Morgan fingerprint density at radius 2 is 2.18 bits per heavy atom. The highest BCUT2D eigenvalue weighted by atomic mass is 35.5. The van der Waals surface area contributed by atoms with E-state index >= 15 is 0 Å². The molecule has 0 rings (SSSR count). The highest BCUT2D eigenvalue weighted by Crippen LogP contribution is 2.14. The van der Waals surface area contributed by atoms with Crippen LogP contribution < -0.4 is 0 Å². The minimum absolute atomic E-state index is 0.873. The molecule has 0 heterocycles. The molecule has 0 aromatic carbocycles. The number of rotatable bonds is 5. The van der Waals surface area contributed by atoms with Gasteiger partial charge in [0.1, 0.15) is 0 Å². The van der Waals surface area contributed by atoms with E-state index in [0.717, 1.165) is 12.3 Å². The van der Waals surface area contributed by atoms with E-state index in [1.807, 2.05) is 0 Å². The first-order chi connectivity index (χ1) is 5.20. The molecule has 1 unspecified atom stereocenters. The SMILES string of the molecule is CCC(C)CCCC(C)=CCl. The van der Waals surface area contributed by atoms with Gasteiger partial charge in [0, 0.05) is 5.54 Å². The zero-order valence-corrected chi connectivity index (χ0v) is 8.62. The minimum Gasteiger partial charge on any atom is -0.0930 e. The highest BCUT2D eigenvalue weighted by Gasteiger charge is 1.97. The third-order valence-electron chi connectivity index (χ3n) is 2.15. The lowest BCUT2D eigenvalue weighted by atomic mass is 10.0. The third kappa shape index (κ3) is 6.43. The van der Waals surface area contributed by atoms with Crippen molar-refractivity contribution in [1.29, 1.82) is 0 Å². The van der Waals surface area contributed by atoms with E-state index in [1.165, 1.54) is 24.8 Å². The second-order valence-electron chi connectivity index (χ2n) is 3.36. The fourth-order valence-corrected chi connectivity index (χ4v) is 1.10. The van der Waals surface area contributed by atoms with Crippen molar-refractivity contribution in [3.05, 3.63) is 11.1 Å². The van der Waals surface area contributed by atoms with Gasteiger partial charge in [-0.2, -0.15) is 0 Å². The molecule has 0 aromatic rings.